The minimum atomic E-state index is -0.349. The maximum atomic E-state index is 12.7. The second-order valence-electron chi connectivity index (χ2n) is 6.61. The van der Waals surface area contributed by atoms with Crippen molar-refractivity contribution in [2.24, 2.45) is 0 Å². The van der Waals surface area contributed by atoms with Gasteiger partial charge in [0.05, 0.1) is 0 Å². The number of rotatable bonds is 4. The van der Waals surface area contributed by atoms with Gasteiger partial charge in [-0.15, -0.1) is 0 Å². The van der Waals surface area contributed by atoms with Crippen LogP contribution in [0.4, 0.5) is 16.2 Å². The van der Waals surface area contributed by atoms with Gasteiger partial charge >= 0.3 is 6.03 Å². The van der Waals surface area contributed by atoms with E-state index in [0.717, 1.165) is 31.7 Å². The van der Waals surface area contributed by atoms with Crippen molar-refractivity contribution in [2.45, 2.75) is 5.75 Å². The van der Waals surface area contributed by atoms with Crippen LogP contribution in [-0.2, 0) is 5.75 Å². The van der Waals surface area contributed by atoms with Crippen LogP contribution < -0.4 is 10.6 Å². The second kappa shape index (κ2) is 8.92. The van der Waals surface area contributed by atoms with Gasteiger partial charge in [0.2, 0.25) is 0 Å². The molecule has 0 spiro atoms. The Balaban J connectivity index is 1.61. The fourth-order valence-corrected chi connectivity index (χ4v) is 3.12. The molecule has 3 amide bonds. The van der Waals surface area contributed by atoms with Crippen LogP contribution in [-0.4, -0.2) is 55.0 Å². The Morgan fingerprint density at radius 2 is 1.63 bits per heavy atom. The maximum absolute atomic E-state index is 12.7. The number of nitrogens with zero attached hydrogens (tertiary/aromatic N) is 2. The average molecular weight is 385 g/mol. The molecule has 1 heterocycles. The molecule has 1 aliphatic rings. The van der Waals surface area contributed by atoms with Crippen LogP contribution in [0.25, 0.3) is 0 Å². The molecule has 1 saturated heterocycles. The first-order valence-electron chi connectivity index (χ1n) is 8.91. The summed E-state index contributed by atoms with van der Waals surface area (Å²) >= 11 is 4.22. The van der Waals surface area contributed by atoms with Crippen LogP contribution >= 0.6 is 12.6 Å². The van der Waals surface area contributed by atoms with E-state index in [4.69, 9.17) is 0 Å². The SMILES string of the molecule is CN1CCN(C(=O)c2cccc(NC(=O)Nc3ccc(CS)cc3)c2)CC1. The number of hydrogen-bond donors (Lipinski definition) is 3. The molecular formula is C20H24N4O2S. The van der Waals surface area contributed by atoms with Gasteiger partial charge in [-0.1, -0.05) is 18.2 Å². The van der Waals surface area contributed by atoms with E-state index in [-0.39, 0.29) is 11.9 Å². The first kappa shape index (κ1) is 19.3. The number of anilines is 2. The number of carbonyl (C=O) groups excluding carboxylic acids is 2. The summed E-state index contributed by atoms with van der Waals surface area (Å²) in [5, 5.41) is 5.56. The number of thiol groups is 1. The van der Waals surface area contributed by atoms with Crippen molar-refractivity contribution in [1.29, 1.82) is 0 Å². The molecule has 142 valence electrons. The quantitative estimate of drug-likeness (QED) is 0.710. The number of hydrogen-bond acceptors (Lipinski definition) is 4. The maximum Gasteiger partial charge on any atom is 0.323 e. The van der Waals surface area contributed by atoms with Gasteiger partial charge in [0.15, 0.2) is 0 Å². The van der Waals surface area contributed by atoms with Gasteiger partial charge in [0, 0.05) is 48.9 Å². The van der Waals surface area contributed by atoms with Crippen molar-refractivity contribution in [2.75, 3.05) is 43.9 Å². The van der Waals surface area contributed by atoms with E-state index in [0.29, 0.717) is 22.7 Å². The molecule has 2 N–H and O–H groups in total. The van der Waals surface area contributed by atoms with Crippen LogP contribution in [0.5, 0.6) is 0 Å². The van der Waals surface area contributed by atoms with Crippen molar-refractivity contribution in [3.05, 3.63) is 59.7 Å². The lowest BCUT2D eigenvalue weighted by Crippen LogP contribution is -2.47. The summed E-state index contributed by atoms with van der Waals surface area (Å²) in [5.41, 5.74) is 2.94. The summed E-state index contributed by atoms with van der Waals surface area (Å²) < 4.78 is 0. The van der Waals surface area contributed by atoms with E-state index in [1.165, 1.54) is 0 Å². The zero-order chi connectivity index (χ0) is 19.2. The predicted octanol–water partition coefficient (Wildman–Crippen LogP) is 3.15. The number of nitrogens with one attached hydrogen (secondary N) is 2. The third-order valence-electron chi connectivity index (χ3n) is 4.55. The molecule has 3 rings (SSSR count). The van der Waals surface area contributed by atoms with Gasteiger partial charge in [-0.05, 0) is 42.9 Å². The fraction of sp³-hybridized carbons (Fsp3) is 0.300. The van der Waals surface area contributed by atoms with E-state index in [2.05, 4.69) is 35.2 Å². The molecule has 7 heteroatoms. The van der Waals surface area contributed by atoms with Crippen LogP contribution in [0.2, 0.25) is 0 Å². The minimum absolute atomic E-state index is 0.00509. The number of carbonyl (C=O) groups is 2. The predicted molar refractivity (Wildman–Crippen MR) is 112 cm³/mol. The highest BCUT2D eigenvalue weighted by atomic mass is 32.1. The summed E-state index contributed by atoms with van der Waals surface area (Å²) in [5.74, 6) is 0.648. The van der Waals surface area contributed by atoms with Crippen LogP contribution in [0.1, 0.15) is 15.9 Å². The van der Waals surface area contributed by atoms with Crippen molar-refractivity contribution in [3.63, 3.8) is 0 Å². The largest absolute Gasteiger partial charge is 0.336 e. The van der Waals surface area contributed by atoms with Crippen molar-refractivity contribution in [3.8, 4) is 0 Å². The van der Waals surface area contributed by atoms with E-state index in [1.54, 1.807) is 24.3 Å². The van der Waals surface area contributed by atoms with E-state index < -0.39 is 0 Å². The van der Waals surface area contributed by atoms with E-state index in [1.807, 2.05) is 29.2 Å². The number of likely N-dealkylation sites (N-methyl/N-ethyl adjacent to an activating group) is 1. The fourth-order valence-electron chi connectivity index (χ4n) is 2.91. The molecule has 0 atom stereocenters. The zero-order valence-electron chi connectivity index (χ0n) is 15.3. The summed E-state index contributed by atoms with van der Waals surface area (Å²) in [6, 6.07) is 14.2. The molecule has 0 radical (unpaired) electrons. The molecule has 6 nitrogen and oxygen atoms in total. The lowest BCUT2D eigenvalue weighted by atomic mass is 10.1. The number of benzene rings is 2. The number of amides is 3. The molecule has 2 aromatic carbocycles. The summed E-state index contributed by atoms with van der Waals surface area (Å²) in [7, 11) is 2.05. The van der Waals surface area contributed by atoms with Gasteiger partial charge in [0.1, 0.15) is 0 Å². The Hall–Kier alpha value is -2.51. The third kappa shape index (κ3) is 5.24. The Morgan fingerprint density at radius 1 is 0.963 bits per heavy atom. The lowest BCUT2D eigenvalue weighted by molar-refractivity contribution is 0.0664. The van der Waals surface area contributed by atoms with Crippen LogP contribution in [0, 0.1) is 0 Å². The topological polar surface area (TPSA) is 64.7 Å². The molecule has 0 bridgehead atoms. The van der Waals surface area contributed by atoms with Crippen LogP contribution in [0.3, 0.4) is 0 Å². The highest BCUT2D eigenvalue weighted by Gasteiger charge is 2.20. The minimum Gasteiger partial charge on any atom is -0.336 e. The molecule has 0 aliphatic carbocycles. The third-order valence-corrected chi connectivity index (χ3v) is 4.92. The highest BCUT2D eigenvalue weighted by molar-refractivity contribution is 7.79. The van der Waals surface area contributed by atoms with E-state index >= 15 is 0 Å². The summed E-state index contributed by atoms with van der Waals surface area (Å²) in [4.78, 5) is 28.9. The zero-order valence-corrected chi connectivity index (χ0v) is 16.2. The normalized spacial score (nSPS) is 14.7. The van der Waals surface area contributed by atoms with Gasteiger partial charge in [0.25, 0.3) is 5.91 Å². The lowest BCUT2D eigenvalue weighted by Gasteiger charge is -2.32. The smallest absolute Gasteiger partial charge is 0.323 e. The van der Waals surface area contributed by atoms with Gasteiger partial charge < -0.3 is 20.4 Å². The van der Waals surface area contributed by atoms with Crippen molar-refractivity contribution >= 4 is 35.9 Å². The Bertz CT molecular complexity index is 802. The van der Waals surface area contributed by atoms with Crippen molar-refractivity contribution in [1.82, 2.24) is 9.80 Å². The van der Waals surface area contributed by atoms with E-state index in [9.17, 15) is 9.59 Å². The Morgan fingerprint density at radius 3 is 2.30 bits per heavy atom. The van der Waals surface area contributed by atoms with Gasteiger partial charge in [-0.25, -0.2) is 4.79 Å². The molecule has 0 aromatic heterocycles. The van der Waals surface area contributed by atoms with Crippen molar-refractivity contribution < 1.29 is 9.59 Å². The molecule has 27 heavy (non-hydrogen) atoms. The Kier molecular flexibility index (Phi) is 6.36. The van der Waals surface area contributed by atoms with Gasteiger partial charge in [-0.2, -0.15) is 12.6 Å². The molecule has 1 fully saturated rings. The molecule has 0 unspecified atom stereocenters. The summed E-state index contributed by atoms with van der Waals surface area (Å²) in [6.45, 7) is 3.18. The number of urea groups is 1. The first-order chi connectivity index (χ1) is 13.0. The average Bonchev–Trinajstić information content (AvgIpc) is 2.69. The monoisotopic (exact) mass is 384 g/mol. The first-order valence-corrected chi connectivity index (χ1v) is 9.54. The standard InChI is InChI=1S/C20H24N4O2S/c1-23-9-11-24(12-10-23)19(25)16-3-2-4-18(13-16)22-20(26)21-17-7-5-15(14-27)6-8-17/h2-8,13,27H,9-12,14H2,1H3,(H2,21,22,26). The summed E-state index contributed by atoms with van der Waals surface area (Å²) in [6.07, 6.45) is 0. The number of piperazine rings is 1. The molecular weight excluding hydrogens is 360 g/mol. The second-order valence-corrected chi connectivity index (χ2v) is 6.93. The Labute approximate surface area is 164 Å². The molecule has 0 saturated carbocycles. The van der Waals surface area contributed by atoms with Gasteiger partial charge in [-0.3, -0.25) is 4.79 Å². The molecule has 2 aromatic rings. The van der Waals surface area contributed by atoms with Crippen LogP contribution in [0.15, 0.2) is 48.5 Å². The highest BCUT2D eigenvalue weighted by Crippen LogP contribution is 2.15. The molecule has 1 aliphatic heterocycles.